The van der Waals surface area contributed by atoms with Gasteiger partial charge in [-0.2, -0.15) is 0 Å². The summed E-state index contributed by atoms with van der Waals surface area (Å²) in [5, 5.41) is 1.21. The molecule has 0 bridgehead atoms. The summed E-state index contributed by atoms with van der Waals surface area (Å²) < 4.78 is 5.42. The molecule has 2 aromatic rings. The van der Waals surface area contributed by atoms with E-state index in [1.165, 1.54) is 18.2 Å². The molecule has 20 heavy (non-hydrogen) atoms. The first kappa shape index (κ1) is 13.5. The third-order valence-corrected chi connectivity index (χ3v) is 4.03. The minimum Gasteiger partial charge on any atom is -0.381 e. The van der Waals surface area contributed by atoms with Gasteiger partial charge in [0.05, 0.1) is 11.2 Å². The molecule has 3 nitrogen and oxygen atoms in total. The van der Waals surface area contributed by atoms with Crippen molar-refractivity contribution in [1.29, 1.82) is 0 Å². The first-order chi connectivity index (χ1) is 9.81. The molecule has 0 amide bonds. The Labute approximate surface area is 120 Å². The van der Waals surface area contributed by atoms with Gasteiger partial charge in [-0.05, 0) is 44.5 Å². The van der Waals surface area contributed by atoms with E-state index in [0.29, 0.717) is 0 Å². The Hall–Kier alpha value is -1.45. The molecule has 106 valence electrons. The lowest BCUT2D eigenvalue weighted by atomic mass is 10.1. The smallest absolute Gasteiger partial charge is 0.0705 e. The zero-order valence-corrected chi connectivity index (χ0v) is 12.1. The fraction of sp³-hybridized carbons (Fsp3) is 0.471. The molecular weight excluding hydrogens is 248 g/mol. The van der Waals surface area contributed by atoms with E-state index in [2.05, 4.69) is 42.3 Å². The molecule has 0 N–H and O–H groups in total. The number of nitrogens with zero attached hydrogens (tertiary/aromatic N) is 2. The highest BCUT2D eigenvalue weighted by atomic mass is 16.5. The number of fused-ring (bicyclic) bond motifs is 1. The van der Waals surface area contributed by atoms with Crippen molar-refractivity contribution in [2.24, 2.45) is 5.92 Å². The first-order valence-corrected chi connectivity index (χ1v) is 7.42. The minimum atomic E-state index is 0.752. The number of benzene rings is 1. The second-order valence-electron chi connectivity index (χ2n) is 5.75. The third-order valence-electron chi connectivity index (χ3n) is 4.03. The van der Waals surface area contributed by atoms with Crippen molar-refractivity contribution < 1.29 is 4.74 Å². The number of hydrogen-bond acceptors (Lipinski definition) is 3. The lowest BCUT2D eigenvalue weighted by Crippen LogP contribution is -2.22. The van der Waals surface area contributed by atoms with Crippen molar-refractivity contribution in [1.82, 2.24) is 9.88 Å². The van der Waals surface area contributed by atoms with Gasteiger partial charge in [-0.15, -0.1) is 0 Å². The Balaban J connectivity index is 1.57. The Bertz CT molecular complexity index is 564. The molecule has 1 aromatic carbocycles. The van der Waals surface area contributed by atoms with Crippen LogP contribution in [0.3, 0.4) is 0 Å². The van der Waals surface area contributed by atoms with Crippen LogP contribution in [0.2, 0.25) is 0 Å². The number of rotatable bonds is 5. The summed E-state index contributed by atoms with van der Waals surface area (Å²) in [4.78, 5) is 7.09. The summed E-state index contributed by atoms with van der Waals surface area (Å²) in [6, 6.07) is 12.6. The maximum atomic E-state index is 5.42. The molecule has 0 saturated carbocycles. The van der Waals surface area contributed by atoms with E-state index in [1.54, 1.807) is 0 Å². The summed E-state index contributed by atoms with van der Waals surface area (Å²) in [5.41, 5.74) is 2.23. The summed E-state index contributed by atoms with van der Waals surface area (Å²) in [7, 11) is 2.17. The predicted octanol–water partition coefficient (Wildman–Crippen LogP) is 3.09. The van der Waals surface area contributed by atoms with Crippen LogP contribution in [0.4, 0.5) is 0 Å². The number of para-hydroxylation sites is 1. The average molecular weight is 270 g/mol. The molecule has 3 heteroatoms. The number of pyridine rings is 1. The van der Waals surface area contributed by atoms with E-state index in [0.717, 1.165) is 43.4 Å². The summed E-state index contributed by atoms with van der Waals surface area (Å²) in [6.07, 6.45) is 2.45. The molecule has 1 aliphatic heterocycles. The Kier molecular flexibility index (Phi) is 4.28. The lowest BCUT2D eigenvalue weighted by molar-refractivity contribution is 0.180. The average Bonchev–Trinajstić information content (AvgIpc) is 2.98. The van der Waals surface area contributed by atoms with Gasteiger partial charge in [-0.25, -0.2) is 0 Å². The molecular formula is C17H22N2O. The van der Waals surface area contributed by atoms with Gasteiger partial charge in [0.25, 0.3) is 0 Å². The van der Waals surface area contributed by atoms with Crippen LogP contribution in [0.1, 0.15) is 18.5 Å². The van der Waals surface area contributed by atoms with Crippen molar-refractivity contribution in [3.63, 3.8) is 0 Å². The second kappa shape index (κ2) is 6.33. The highest BCUT2D eigenvalue weighted by molar-refractivity contribution is 5.78. The van der Waals surface area contributed by atoms with Crippen LogP contribution >= 0.6 is 0 Å². The molecule has 3 rings (SSSR count). The van der Waals surface area contributed by atoms with Crippen LogP contribution in [-0.2, 0) is 11.3 Å². The summed E-state index contributed by atoms with van der Waals surface area (Å²) in [6.45, 7) is 3.92. The van der Waals surface area contributed by atoms with Gasteiger partial charge < -0.3 is 9.64 Å². The summed E-state index contributed by atoms with van der Waals surface area (Å²) >= 11 is 0. The summed E-state index contributed by atoms with van der Waals surface area (Å²) in [5.74, 6) is 0.752. The topological polar surface area (TPSA) is 25.4 Å². The van der Waals surface area contributed by atoms with Gasteiger partial charge in [-0.1, -0.05) is 24.3 Å². The Morgan fingerprint density at radius 2 is 2.15 bits per heavy atom. The predicted molar refractivity (Wildman–Crippen MR) is 81.6 cm³/mol. The van der Waals surface area contributed by atoms with Crippen molar-refractivity contribution >= 4 is 10.9 Å². The Morgan fingerprint density at radius 3 is 3.00 bits per heavy atom. The highest BCUT2D eigenvalue weighted by Crippen LogP contribution is 2.17. The van der Waals surface area contributed by atoms with Gasteiger partial charge in [0.2, 0.25) is 0 Å². The fourth-order valence-corrected chi connectivity index (χ4v) is 2.77. The van der Waals surface area contributed by atoms with Crippen molar-refractivity contribution in [3.8, 4) is 0 Å². The number of hydrogen-bond donors (Lipinski definition) is 0. The third kappa shape index (κ3) is 3.35. The molecule has 1 atom stereocenters. The van der Waals surface area contributed by atoms with Crippen LogP contribution < -0.4 is 0 Å². The minimum absolute atomic E-state index is 0.752. The maximum Gasteiger partial charge on any atom is 0.0705 e. The SMILES string of the molecule is CN(CCC1CCOC1)Cc1ccc2ccccc2n1. The zero-order chi connectivity index (χ0) is 13.8. The molecule has 0 radical (unpaired) electrons. The van der Waals surface area contributed by atoms with E-state index in [4.69, 9.17) is 9.72 Å². The van der Waals surface area contributed by atoms with E-state index in [9.17, 15) is 0 Å². The number of aromatic nitrogens is 1. The maximum absolute atomic E-state index is 5.42. The van der Waals surface area contributed by atoms with Crippen LogP contribution in [0.25, 0.3) is 10.9 Å². The van der Waals surface area contributed by atoms with Crippen molar-refractivity contribution in [2.75, 3.05) is 26.8 Å². The molecule has 1 aromatic heterocycles. The second-order valence-corrected chi connectivity index (χ2v) is 5.75. The van der Waals surface area contributed by atoms with E-state index < -0.39 is 0 Å². The van der Waals surface area contributed by atoms with Gasteiger partial charge in [0.15, 0.2) is 0 Å². The van der Waals surface area contributed by atoms with Gasteiger partial charge in [0, 0.05) is 25.1 Å². The van der Waals surface area contributed by atoms with Gasteiger partial charge in [0.1, 0.15) is 0 Å². The fourth-order valence-electron chi connectivity index (χ4n) is 2.77. The lowest BCUT2D eigenvalue weighted by Gasteiger charge is -2.18. The normalized spacial score (nSPS) is 19.0. The highest BCUT2D eigenvalue weighted by Gasteiger charge is 2.16. The molecule has 1 aliphatic rings. The van der Waals surface area contributed by atoms with Crippen LogP contribution in [0.5, 0.6) is 0 Å². The van der Waals surface area contributed by atoms with Gasteiger partial charge >= 0.3 is 0 Å². The largest absolute Gasteiger partial charge is 0.381 e. The quantitative estimate of drug-likeness (QED) is 0.835. The van der Waals surface area contributed by atoms with Crippen LogP contribution in [0.15, 0.2) is 36.4 Å². The zero-order valence-electron chi connectivity index (χ0n) is 12.1. The molecule has 1 saturated heterocycles. The van der Waals surface area contributed by atoms with E-state index in [-0.39, 0.29) is 0 Å². The van der Waals surface area contributed by atoms with Gasteiger partial charge in [-0.3, -0.25) is 4.98 Å². The van der Waals surface area contributed by atoms with Crippen molar-refractivity contribution in [2.45, 2.75) is 19.4 Å². The number of ether oxygens (including phenoxy) is 1. The Morgan fingerprint density at radius 1 is 1.25 bits per heavy atom. The molecule has 1 unspecified atom stereocenters. The molecule has 0 spiro atoms. The van der Waals surface area contributed by atoms with E-state index >= 15 is 0 Å². The van der Waals surface area contributed by atoms with Crippen LogP contribution in [-0.4, -0.2) is 36.7 Å². The first-order valence-electron chi connectivity index (χ1n) is 7.42. The van der Waals surface area contributed by atoms with Crippen molar-refractivity contribution in [3.05, 3.63) is 42.1 Å². The standard InChI is InChI=1S/C17H22N2O/c1-19(10-8-14-9-11-20-13-14)12-16-7-6-15-4-2-3-5-17(15)18-16/h2-7,14H,8-13H2,1H3. The van der Waals surface area contributed by atoms with E-state index in [1.807, 2.05) is 6.07 Å². The molecule has 0 aliphatic carbocycles. The molecule has 2 heterocycles. The van der Waals surface area contributed by atoms with Crippen LogP contribution in [0, 0.1) is 5.92 Å². The molecule has 1 fully saturated rings. The monoisotopic (exact) mass is 270 g/mol.